The van der Waals surface area contributed by atoms with Crippen LogP contribution in [0.4, 0.5) is 0 Å². The summed E-state index contributed by atoms with van der Waals surface area (Å²) < 4.78 is 1.39. The SMILES string of the molecule is CNCCNC(=O)c1cnc2ccc(C)cn2c1=O. The van der Waals surface area contributed by atoms with E-state index in [0.717, 1.165) is 5.56 Å². The summed E-state index contributed by atoms with van der Waals surface area (Å²) in [6.07, 6.45) is 3.00. The molecule has 0 atom stereocenters. The summed E-state index contributed by atoms with van der Waals surface area (Å²) in [5.41, 5.74) is 1.17. The molecule has 2 rings (SSSR count). The number of fused-ring (bicyclic) bond motifs is 1. The van der Waals surface area contributed by atoms with Crippen LogP contribution in [0.2, 0.25) is 0 Å². The standard InChI is InChI=1S/C13H16N4O2/c1-9-3-4-11-16-7-10(13(19)17(11)8-9)12(18)15-6-5-14-2/h3-4,7-8,14H,5-6H2,1-2H3,(H,15,18). The summed E-state index contributed by atoms with van der Waals surface area (Å²) in [5, 5.41) is 5.58. The highest BCUT2D eigenvalue weighted by molar-refractivity contribution is 5.93. The van der Waals surface area contributed by atoms with Gasteiger partial charge in [-0.1, -0.05) is 6.07 Å². The number of nitrogens with zero attached hydrogens (tertiary/aromatic N) is 2. The van der Waals surface area contributed by atoms with Gasteiger partial charge in [0.25, 0.3) is 11.5 Å². The fourth-order valence-corrected chi connectivity index (χ4v) is 1.73. The number of nitrogens with one attached hydrogen (secondary N) is 2. The van der Waals surface area contributed by atoms with E-state index in [1.807, 2.05) is 13.0 Å². The van der Waals surface area contributed by atoms with Crippen LogP contribution >= 0.6 is 0 Å². The number of likely N-dealkylation sites (N-methyl/N-ethyl adjacent to an activating group) is 1. The van der Waals surface area contributed by atoms with E-state index in [0.29, 0.717) is 18.7 Å². The van der Waals surface area contributed by atoms with E-state index in [1.165, 1.54) is 10.6 Å². The molecule has 0 radical (unpaired) electrons. The van der Waals surface area contributed by atoms with Crippen molar-refractivity contribution in [3.63, 3.8) is 0 Å². The largest absolute Gasteiger partial charge is 0.351 e. The molecule has 0 spiro atoms. The van der Waals surface area contributed by atoms with Gasteiger partial charge in [0.2, 0.25) is 0 Å². The second kappa shape index (κ2) is 5.62. The lowest BCUT2D eigenvalue weighted by Crippen LogP contribution is -2.35. The third kappa shape index (κ3) is 2.79. The summed E-state index contributed by atoms with van der Waals surface area (Å²) in [5.74, 6) is -0.399. The molecular weight excluding hydrogens is 244 g/mol. The quantitative estimate of drug-likeness (QED) is 0.756. The molecule has 2 heterocycles. The zero-order chi connectivity index (χ0) is 13.8. The number of pyridine rings is 1. The lowest BCUT2D eigenvalue weighted by Gasteiger charge is -2.06. The van der Waals surface area contributed by atoms with Crippen molar-refractivity contribution in [1.29, 1.82) is 0 Å². The lowest BCUT2D eigenvalue weighted by molar-refractivity contribution is 0.0952. The molecule has 1 amide bonds. The second-order valence-electron chi connectivity index (χ2n) is 4.27. The number of carbonyl (C=O) groups is 1. The first kappa shape index (κ1) is 13.2. The van der Waals surface area contributed by atoms with Crippen molar-refractivity contribution in [3.05, 3.63) is 46.0 Å². The van der Waals surface area contributed by atoms with Crippen molar-refractivity contribution in [2.24, 2.45) is 0 Å². The Morgan fingerprint density at radius 2 is 2.16 bits per heavy atom. The Hall–Kier alpha value is -2.21. The monoisotopic (exact) mass is 260 g/mol. The molecule has 6 heteroatoms. The van der Waals surface area contributed by atoms with Crippen LogP contribution in [0, 0.1) is 6.92 Å². The Labute approximate surface area is 110 Å². The van der Waals surface area contributed by atoms with E-state index in [9.17, 15) is 9.59 Å². The molecule has 0 unspecified atom stereocenters. The van der Waals surface area contributed by atoms with Crippen LogP contribution in [-0.4, -0.2) is 35.4 Å². The summed E-state index contributed by atoms with van der Waals surface area (Å²) >= 11 is 0. The third-order valence-electron chi connectivity index (χ3n) is 2.76. The number of hydrogen-bond donors (Lipinski definition) is 2. The van der Waals surface area contributed by atoms with Gasteiger partial charge in [-0.2, -0.15) is 0 Å². The van der Waals surface area contributed by atoms with Crippen molar-refractivity contribution in [1.82, 2.24) is 20.0 Å². The number of amides is 1. The summed E-state index contributed by atoms with van der Waals surface area (Å²) in [7, 11) is 1.79. The smallest absolute Gasteiger partial charge is 0.270 e. The van der Waals surface area contributed by atoms with Crippen LogP contribution in [0.3, 0.4) is 0 Å². The molecule has 0 aliphatic carbocycles. The Balaban J connectivity index is 2.37. The normalized spacial score (nSPS) is 10.6. The minimum absolute atomic E-state index is 0.0548. The zero-order valence-electron chi connectivity index (χ0n) is 10.9. The predicted molar refractivity (Wildman–Crippen MR) is 72.5 cm³/mol. The average Bonchev–Trinajstić information content (AvgIpc) is 2.40. The van der Waals surface area contributed by atoms with Gasteiger partial charge in [-0.05, 0) is 25.6 Å². The summed E-state index contributed by atoms with van der Waals surface area (Å²) in [6, 6.07) is 3.62. The maximum Gasteiger partial charge on any atom is 0.270 e. The van der Waals surface area contributed by atoms with Crippen molar-refractivity contribution in [3.8, 4) is 0 Å². The molecular formula is C13H16N4O2. The number of hydrogen-bond acceptors (Lipinski definition) is 4. The Kier molecular flexibility index (Phi) is 3.91. The minimum Gasteiger partial charge on any atom is -0.351 e. The Morgan fingerprint density at radius 1 is 1.37 bits per heavy atom. The van der Waals surface area contributed by atoms with Crippen LogP contribution in [-0.2, 0) is 0 Å². The van der Waals surface area contributed by atoms with E-state index >= 15 is 0 Å². The first-order valence-corrected chi connectivity index (χ1v) is 6.04. The lowest BCUT2D eigenvalue weighted by atomic mass is 10.2. The van der Waals surface area contributed by atoms with Crippen LogP contribution in [0.25, 0.3) is 5.65 Å². The molecule has 0 fully saturated rings. The summed E-state index contributed by atoms with van der Waals surface area (Å²) in [4.78, 5) is 28.2. The molecule has 2 aromatic heterocycles. The van der Waals surface area contributed by atoms with Gasteiger partial charge in [0.1, 0.15) is 11.2 Å². The number of carbonyl (C=O) groups excluding carboxylic acids is 1. The highest BCUT2D eigenvalue weighted by atomic mass is 16.2. The van der Waals surface area contributed by atoms with Crippen LogP contribution in [0.5, 0.6) is 0 Å². The molecule has 0 bridgehead atoms. The second-order valence-corrected chi connectivity index (χ2v) is 4.27. The molecule has 100 valence electrons. The van der Waals surface area contributed by atoms with E-state index in [4.69, 9.17) is 0 Å². The van der Waals surface area contributed by atoms with E-state index < -0.39 is 5.91 Å². The van der Waals surface area contributed by atoms with Gasteiger partial charge in [0.15, 0.2) is 0 Å². The predicted octanol–water partition coefficient (Wildman–Crippen LogP) is -0.0479. The van der Waals surface area contributed by atoms with Gasteiger partial charge in [0.05, 0.1) is 0 Å². The zero-order valence-corrected chi connectivity index (χ0v) is 10.9. The van der Waals surface area contributed by atoms with Crippen molar-refractivity contribution in [2.45, 2.75) is 6.92 Å². The third-order valence-corrected chi connectivity index (χ3v) is 2.76. The van der Waals surface area contributed by atoms with Gasteiger partial charge < -0.3 is 10.6 Å². The van der Waals surface area contributed by atoms with Gasteiger partial charge >= 0.3 is 0 Å². The molecule has 0 saturated carbocycles. The first-order chi connectivity index (χ1) is 9.13. The van der Waals surface area contributed by atoms with Gasteiger partial charge in [-0.15, -0.1) is 0 Å². The fourth-order valence-electron chi connectivity index (χ4n) is 1.73. The summed E-state index contributed by atoms with van der Waals surface area (Å²) in [6.45, 7) is 2.99. The van der Waals surface area contributed by atoms with Crippen LogP contribution in [0.1, 0.15) is 15.9 Å². The number of aryl methyl sites for hydroxylation is 1. The molecule has 2 N–H and O–H groups in total. The van der Waals surface area contributed by atoms with Crippen LogP contribution in [0.15, 0.2) is 29.3 Å². The van der Waals surface area contributed by atoms with E-state index in [-0.39, 0.29) is 11.1 Å². The number of aromatic nitrogens is 2. The van der Waals surface area contributed by atoms with E-state index in [2.05, 4.69) is 15.6 Å². The average molecular weight is 260 g/mol. The molecule has 0 saturated heterocycles. The Bertz CT molecular complexity index is 663. The van der Waals surface area contributed by atoms with Crippen molar-refractivity contribution in [2.75, 3.05) is 20.1 Å². The van der Waals surface area contributed by atoms with Gasteiger partial charge in [0, 0.05) is 25.5 Å². The highest BCUT2D eigenvalue weighted by Crippen LogP contribution is 2.01. The molecule has 0 aromatic carbocycles. The first-order valence-electron chi connectivity index (χ1n) is 6.04. The van der Waals surface area contributed by atoms with Crippen molar-refractivity contribution >= 4 is 11.6 Å². The molecule has 0 aliphatic heterocycles. The molecule has 6 nitrogen and oxygen atoms in total. The molecule has 2 aromatic rings. The highest BCUT2D eigenvalue weighted by Gasteiger charge is 2.12. The van der Waals surface area contributed by atoms with Crippen LogP contribution < -0.4 is 16.2 Å². The van der Waals surface area contributed by atoms with Gasteiger partial charge in [-0.3, -0.25) is 14.0 Å². The maximum absolute atomic E-state index is 12.2. The minimum atomic E-state index is -0.399. The topological polar surface area (TPSA) is 75.5 Å². The molecule has 19 heavy (non-hydrogen) atoms. The van der Waals surface area contributed by atoms with Gasteiger partial charge in [-0.25, -0.2) is 4.98 Å². The van der Waals surface area contributed by atoms with E-state index in [1.54, 1.807) is 19.3 Å². The maximum atomic E-state index is 12.2. The van der Waals surface area contributed by atoms with Crippen molar-refractivity contribution < 1.29 is 4.79 Å². The number of rotatable bonds is 4. The fraction of sp³-hybridized carbons (Fsp3) is 0.308. The molecule has 0 aliphatic rings. The Morgan fingerprint density at radius 3 is 2.89 bits per heavy atom.